The predicted molar refractivity (Wildman–Crippen MR) is 218 cm³/mol. The van der Waals surface area contributed by atoms with E-state index in [1.54, 1.807) is 17.0 Å². The van der Waals surface area contributed by atoms with E-state index in [1.807, 2.05) is 55.8 Å². The van der Waals surface area contributed by atoms with Crippen molar-refractivity contribution in [3.05, 3.63) is 120 Å². The first-order valence-corrected chi connectivity index (χ1v) is 19.5. The molecule has 4 aromatic heterocycles. The molecule has 2 aliphatic heterocycles. The molecular formula is C46H42N6O6. The Morgan fingerprint density at radius 2 is 1.78 bits per heavy atom. The van der Waals surface area contributed by atoms with Gasteiger partial charge in [0.15, 0.2) is 0 Å². The lowest BCUT2D eigenvalue weighted by Gasteiger charge is -2.35. The van der Waals surface area contributed by atoms with Gasteiger partial charge in [-0.25, -0.2) is 9.97 Å². The van der Waals surface area contributed by atoms with Crippen LogP contribution in [-0.4, -0.2) is 74.3 Å². The normalized spacial score (nSPS) is 18.7. The smallest absolute Gasteiger partial charge is 0.255 e. The van der Waals surface area contributed by atoms with Crippen LogP contribution in [0.1, 0.15) is 53.0 Å². The summed E-state index contributed by atoms with van der Waals surface area (Å²) in [6, 6.07) is 21.1. The van der Waals surface area contributed by atoms with Gasteiger partial charge in [-0.3, -0.25) is 14.6 Å². The van der Waals surface area contributed by atoms with Crippen molar-refractivity contribution in [2.45, 2.75) is 57.4 Å². The molecule has 12 heteroatoms. The molecule has 6 aromatic rings. The molecule has 3 aliphatic rings. The Hall–Kier alpha value is -6.71. The average molecular weight is 775 g/mol. The van der Waals surface area contributed by atoms with Crippen LogP contribution in [0.4, 0.5) is 0 Å². The lowest BCUT2D eigenvalue weighted by molar-refractivity contribution is -0.126. The molecule has 1 saturated carbocycles. The fraction of sp³-hybridized carbons (Fsp3) is 0.283. The van der Waals surface area contributed by atoms with Crippen molar-refractivity contribution in [2.75, 3.05) is 19.8 Å². The van der Waals surface area contributed by atoms with Gasteiger partial charge in [-0.1, -0.05) is 24.6 Å². The number of nitrogens with one attached hydrogen (secondary N) is 1. The quantitative estimate of drug-likeness (QED) is 0.113. The Bertz CT molecular complexity index is 2640. The predicted octanol–water partition coefficient (Wildman–Crippen LogP) is 6.68. The highest BCUT2D eigenvalue weighted by Crippen LogP contribution is 2.34. The van der Waals surface area contributed by atoms with E-state index < -0.39 is 6.04 Å². The van der Waals surface area contributed by atoms with Crippen LogP contribution in [0, 0.1) is 18.8 Å². The molecule has 0 radical (unpaired) electrons. The molecule has 1 aliphatic carbocycles. The molecule has 6 heterocycles. The monoisotopic (exact) mass is 774 g/mol. The zero-order valence-corrected chi connectivity index (χ0v) is 32.4. The molecular weight excluding hydrogens is 733 g/mol. The number of aromatic nitrogens is 4. The van der Waals surface area contributed by atoms with Crippen LogP contribution in [-0.2, 0) is 23.1 Å². The molecule has 292 valence electrons. The zero-order chi connectivity index (χ0) is 39.8. The lowest BCUT2D eigenvalue weighted by Crippen LogP contribution is -2.49. The molecule has 1 atom stereocenters. The molecule has 1 unspecified atom stereocenters. The van der Waals surface area contributed by atoms with E-state index >= 15 is 0 Å². The molecule has 1 N–H and O–H groups in total. The van der Waals surface area contributed by atoms with Gasteiger partial charge >= 0.3 is 0 Å². The third-order valence-corrected chi connectivity index (χ3v) is 11.0. The van der Waals surface area contributed by atoms with E-state index in [1.165, 1.54) is 5.39 Å². The van der Waals surface area contributed by atoms with Crippen molar-refractivity contribution in [3.8, 4) is 40.3 Å². The van der Waals surface area contributed by atoms with Gasteiger partial charge in [0, 0.05) is 84.2 Å². The second-order valence-corrected chi connectivity index (χ2v) is 14.9. The first-order chi connectivity index (χ1) is 28.3. The van der Waals surface area contributed by atoms with Gasteiger partial charge in [-0.05, 0) is 85.3 Å². The van der Waals surface area contributed by atoms with Gasteiger partial charge in [0.2, 0.25) is 11.8 Å². The van der Waals surface area contributed by atoms with Crippen LogP contribution in [0.2, 0.25) is 0 Å². The van der Waals surface area contributed by atoms with Crippen molar-refractivity contribution < 1.29 is 28.5 Å². The number of rotatable bonds is 11. The summed E-state index contributed by atoms with van der Waals surface area (Å²) < 4.78 is 26.1. The highest BCUT2D eigenvalue weighted by Gasteiger charge is 2.38. The molecule has 0 bridgehead atoms. The number of hydrogen-bond acceptors (Lipinski definition) is 9. The second-order valence-electron chi connectivity index (χ2n) is 14.9. The van der Waals surface area contributed by atoms with Crippen LogP contribution >= 0.6 is 0 Å². The number of amides is 2. The van der Waals surface area contributed by atoms with Gasteiger partial charge < -0.3 is 33.7 Å². The number of allylic oxidation sites excluding steroid dienone is 1. The number of carbonyl (C=O) groups excluding carboxylic acids is 2. The zero-order valence-electron chi connectivity index (χ0n) is 32.4. The summed E-state index contributed by atoms with van der Waals surface area (Å²) in [6.45, 7) is 7.01. The topological polar surface area (TPSA) is 130 Å². The Morgan fingerprint density at radius 3 is 2.60 bits per heavy atom. The maximum Gasteiger partial charge on any atom is 0.255 e. The maximum absolute atomic E-state index is 13.0. The molecule has 2 fully saturated rings. The Labute approximate surface area is 335 Å². The summed E-state index contributed by atoms with van der Waals surface area (Å²) in [6.07, 6.45) is 8.45. The third kappa shape index (κ3) is 7.44. The van der Waals surface area contributed by atoms with Crippen LogP contribution in [0.15, 0.2) is 97.6 Å². The van der Waals surface area contributed by atoms with E-state index in [-0.39, 0.29) is 30.6 Å². The Morgan fingerprint density at radius 1 is 0.914 bits per heavy atom. The Kier molecular flexibility index (Phi) is 9.97. The number of hydrogen-bond donors (Lipinski definition) is 1. The summed E-state index contributed by atoms with van der Waals surface area (Å²) in [4.78, 5) is 40.6. The van der Waals surface area contributed by atoms with E-state index in [0.29, 0.717) is 61.2 Å². The average Bonchev–Trinajstić information content (AvgIpc) is 3.69. The van der Waals surface area contributed by atoms with Crippen LogP contribution < -0.4 is 19.5 Å². The van der Waals surface area contributed by atoms with Gasteiger partial charge in [-0.15, -0.1) is 0 Å². The number of piperidine rings is 1. The highest BCUT2D eigenvalue weighted by molar-refractivity contribution is 6.08. The first kappa shape index (κ1) is 36.9. The number of fused-ring (bicyclic) bond motifs is 4. The number of benzene rings is 2. The number of ether oxygens (including phenoxy) is 4. The maximum atomic E-state index is 13.0. The van der Waals surface area contributed by atoms with Gasteiger partial charge in [0.1, 0.15) is 48.7 Å². The fourth-order valence-corrected chi connectivity index (χ4v) is 7.85. The second kappa shape index (κ2) is 15.7. The van der Waals surface area contributed by atoms with Crippen LogP contribution in [0.5, 0.6) is 17.4 Å². The highest BCUT2D eigenvalue weighted by atomic mass is 16.5. The molecule has 1 saturated heterocycles. The van der Waals surface area contributed by atoms with Crippen molar-refractivity contribution in [2.24, 2.45) is 7.05 Å². The van der Waals surface area contributed by atoms with Gasteiger partial charge in [-0.2, -0.15) is 0 Å². The summed E-state index contributed by atoms with van der Waals surface area (Å²) in [5.41, 5.74) is 7.99. The molecule has 9 rings (SSSR count). The number of nitrogens with zero attached hydrogens (tertiary/aromatic N) is 5. The largest absolute Gasteiger partial charge is 0.491 e. The minimum absolute atomic E-state index is 0.0386. The molecule has 0 spiro atoms. The molecule has 12 nitrogen and oxygen atoms in total. The lowest BCUT2D eigenvalue weighted by atomic mass is 9.92. The van der Waals surface area contributed by atoms with Crippen molar-refractivity contribution >= 4 is 33.6 Å². The van der Waals surface area contributed by atoms with Crippen molar-refractivity contribution in [1.82, 2.24) is 29.7 Å². The minimum Gasteiger partial charge on any atom is -0.491 e. The molecule has 2 amide bonds. The molecule has 2 aromatic carbocycles. The van der Waals surface area contributed by atoms with Crippen molar-refractivity contribution in [1.29, 1.82) is 0 Å². The fourth-order valence-electron chi connectivity index (χ4n) is 7.85. The van der Waals surface area contributed by atoms with E-state index in [9.17, 15) is 9.59 Å². The van der Waals surface area contributed by atoms with Gasteiger partial charge in [0.05, 0.1) is 17.8 Å². The minimum atomic E-state index is -0.491. The molecule has 58 heavy (non-hydrogen) atoms. The number of carbonyl (C=O) groups is 2. The van der Waals surface area contributed by atoms with Gasteiger partial charge in [0.25, 0.3) is 5.91 Å². The standard InChI is InChI=1S/C46H42N6O6/c1-28-6-13-41(45(53)49-28)52-27-32-21-34(10-12-37(32)46(52)54)56-20-19-55-18-4-5-33-9-14-43(29(2)50-33)57-35-23-36(24-35)58-44-15-8-31(25-48-44)30-7-11-38-39-26-47-17-16-40(39)51(3)42(38)22-30/h7-12,14-17,21-22,25-26,35-36,41H,1,6,13,18-20,23-24,27H2,2-3H3,(H,49,53). The summed E-state index contributed by atoms with van der Waals surface area (Å²) in [7, 11) is 2.08. The number of aryl methyl sites for hydroxylation is 2. The third-order valence-electron chi connectivity index (χ3n) is 11.0. The summed E-state index contributed by atoms with van der Waals surface area (Å²) in [5, 5.41) is 5.10. The SMILES string of the molecule is C=C1CCC(N2Cc3cc(OCCOCC#Cc4ccc(OC5CC(Oc6ccc(-c7ccc8c9cnccc9n(C)c8c7)cn6)C5)c(C)n4)ccc3C2=O)C(=O)N1. The van der Waals surface area contributed by atoms with E-state index in [2.05, 4.69) is 74.6 Å². The van der Waals surface area contributed by atoms with E-state index in [0.717, 1.165) is 57.4 Å². The Balaban J connectivity index is 0.691. The van der Waals surface area contributed by atoms with E-state index in [4.69, 9.17) is 18.9 Å². The first-order valence-electron chi connectivity index (χ1n) is 19.5. The summed E-state index contributed by atoms with van der Waals surface area (Å²) in [5.74, 6) is 7.73. The van der Waals surface area contributed by atoms with Crippen LogP contribution in [0.25, 0.3) is 32.9 Å². The van der Waals surface area contributed by atoms with Crippen LogP contribution in [0.3, 0.4) is 0 Å². The summed E-state index contributed by atoms with van der Waals surface area (Å²) >= 11 is 0. The van der Waals surface area contributed by atoms with Crippen molar-refractivity contribution in [3.63, 3.8) is 0 Å². The number of pyridine rings is 3.